The number of carbonyl (C=O) groups excluding carboxylic acids is 2. The molecule has 0 fully saturated rings. The molecule has 1 heterocycles. The van der Waals surface area contributed by atoms with Crippen molar-refractivity contribution in [1.29, 1.82) is 0 Å². The second kappa shape index (κ2) is 8.61. The minimum Gasteiger partial charge on any atom is -0.505 e. The third kappa shape index (κ3) is 4.77. The fourth-order valence-corrected chi connectivity index (χ4v) is 3.76. The van der Waals surface area contributed by atoms with Crippen molar-refractivity contribution in [2.24, 2.45) is 10.2 Å². The van der Waals surface area contributed by atoms with Crippen molar-refractivity contribution in [3.63, 3.8) is 0 Å². The van der Waals surface area contributed by atoms with E-state index in [4.69, 9.17) is 5.73 Å². The molecule has 0 saturated heterocycles. The number of unbranched alkanes of at least 4 members (excludes halogenated alkanes) is 1. The van der Waals surface area contributed by atoms with Gasteiger partial charge >= 0.3 is 0 Å². The van der Waals surface area contributed by atoms with Gasteiger partial charge in [0.15, 0.2) is 0 Å². The molecule has 176 valence electrons. The number of azo groups is 1. The first-order valence-corrected chi connectivity index (χ1v) is 11.3. The molecule has 1 aliphatic rings. The average molecular weight is 451 g/mol. The number of benzene rings is 2. The molecule has 3 rings (SSSR count). The molecule has 0 radical (unpaired) electrons. The summed E-state index contributed by atoms with van der Waals surface area (Å²) in [6.07, 6.45) is 1.62. The molecule has 33 heavy (non-hydrogen) atoms. The minimum atomic E-state index is -0.340. The number of phenols is 1. The zero-order valence-electron chi connectivity index (χ0n) is 20.6. The van der Waals surface area contributed by atoms with Gasteiger partial charge in [0.1, 0.15) is 17.1 Å². The summed E-state index contributed by atoms with van der Waals surface area (Å²) in [6.45, 7) is 14.8. The van der Waals surface area contributed by atoms with Crippen LogP contribution in [0.3, 0.4) is 0 Å². The average Bonchev–Trinajstić information content (AvgIpc) is 2.93. The number of aromatic hydroxyl groups is 1. The molecule has 0 atom stereocenters. The van der Waals surface area contributed by atoms with Crippen LogP contribution in [0.1, 0.15) is 93.2 Å². The summed E-state index contributed by atoms with van der Waals surface area (Å²) in [5.41, 5.74) is 8.93. The van der Waals surface area contributed by atoms with Gasteiger partial charge in [0.2, 0.25) is 0 Å². The monoisotopic (exact) mass is 450 g/mol. The van der Waals surface area contributed by atoms with Gasteiger partial charge in [0.25, 0.3) is 11.8 Å². The maximum atomic E-state index is 12.8. The molecule has 0 bridgehead atoms. The van der Waals surface area contributed by atoms with Crippen molar-refractivity contribution in [2.45, 2.75) is 72.1 Å². The van der Waals surface area contributed by atoms with E-state index in [0.717, 1.165) is 24.0 Å². The second-order valence-corrected chi connectivity index (χ2v) is 10.7. The number of hydrogen-bond donors (Lipinski definition) is 2. The standard InChI is InChI=1S/C26H34N4O3/c1-8-9-10-30-23(32)16-13-19(27)20(14-17(16)24(30)33)28-29-21-12-15(25(2,3)4)11-18(22(21)31)26(5,6)7/h11-14,31H,8-10,27H2,1-7H3/b29-28+. The number of nitrogens with zero attached hydrogens (tertiary/aromatic N) is 3. The summed E-state index contributed by atoms with van der Waals surface area (Å²) in [4.78, 5) is 26.6. The Bertz CT molecular complexity index is 1140. The van der Waals surface area contributed by atoms with Gasteiger partial charge in [-0.1, -0.05) is 61.0 Å². The van der Waals surface area contributed by atoms with Gasteiger partial charge in [-0.05, 0) is 41.0 Å². The molecule has 0 aliphatic carbocycles. The first-order chi connectivity index (χ1) is 15.3. The number of fused-ring (bicyclic) bond motifs is 1. The van der Waals surface area contributed by atoms with Gasteiger partial charge in [0, 0.05) is 12.1 Å². The van der Waals surface area contributed by atoms with Gasteiger partial charge in [0.05, 0.1) is 16.8 Å². The van der Waals surface area contributed by atoms with Crippen LogP contribution >= 0.6 is 0 Å². The summed E-state index contributed by atoms with van der Waals surface area (Å²) in [5, 5.41) is 19.5. The van der Waals surface area contributed by atoms with Gasteiger partial charge in [-0.25, -0.2) is 0 Å². The highest BCUT2D eigenvalue weighted by molar-refractivity contribution is 6.22. The van der Waals surface area contributed by atoms with Gasteiger partial charge in [-0.2, -0.15) is 0 Å². The lowest BCUT2D eigenvalue weighted by Gasteiger charge is -2.26. The molecule has 7 nitrogen and oxygen atoms in total. The predicted molar refractivity (Wildman–Crippen MR) is 131 cm³/mol. The molecule has 0 saturated carbocycles. The number of anilines is 1. The van der Waals surface area contributed by atoms with Crippen molar-refractivity contribution in [3.8, 4) is 5.75 Å². The normalized spacial score (nSPS) is 14.5. The van der Waals surface area contributed by atoms with Crippen LogP contribution < -0.4 is 5.73 Å². The highest BCUT2D eigenvalue weighted by Crippen LogP contribution is 2.42. The molecule has 2 amide bonds. The number of carbonyl (C=O) groups is 2. The number of hydrogen-bond acceptors (Lipinski definition) is 6. The van der Waals surface area contributed by atoms with E-state index in [-0.39, 0.29) is 45.3 Å². The SMILES string of the molecule is CCCCN1C(=O)c2cc(N)c(/N=N/c3cc(C(C)(C)C)cc(C(C)(C)C)c3O)cc2C1=O. The van der Waals surface area contributed by atoms with Crippen molar-refractivity contribution in [3.05, 3.63) is 46.5 Å². The van der Waals surface area contributed by atoms with Crippen LogP contribution in [-0.2, 0) is 10.8 Å². The molecule has 0 aromatic heterocycles. The lowest BCUT2D eigenvalue weighted by atomic mass is 9.80. The Labute approximate surface area is 195 Å². The zero-order valence-corrected chi connectivity index (χ0v) is 20.6. The van der Waals surface area contributed by atoms with E-state index in [1.54, 1.807) is 0 Å². The first kappa shape index (κ1) is 24.4. The van der Waals surface area contributed by atoms with E-state index in [9.17, 15) is 14.7 Å². The second-order valence-electron chi connectivity index (χ2n) is 10.7. The van der Waals surface area contributed by atoms with Crippen LogP contribution in [0.2, 0.25) is 0 Å². The number of rotatable bonds is 5. The maximum absolute atomic E-state index is 12.8. The summed E-state index contributed by atoms with van der Waals surface area (Å²) < 4.78 is 0. The Kier molecular flexibility index (Phi) is 6.37. The van der Waals surface area contributed by atoms with Crippen molar-refractivity contribution < 1.29 is 14.7 Å². The van der Waals surface area contributed by atoms with Crippen LogP contribution in [0.15, 0.2) is 34.5 Å². The highest BCUT2D eigenvalue weighted by atomic mass is 16.3. The summed E-state index contributed by atoms with van der Waals surface area (Å²) in [7, 11) is 0. The third-order valence-corrected chi connectivity index (χ3v) is 5.88. The molecule has 3 N–H and O–H groups in total. The Hall–Kier alpha value is -3.22. The number of amides is 2. The predicted octanol–water partition coefficient (Wildman–Crippen LogP) is 6.38. The molecular weight excluding hydrogens is 416 g/mol. The smallest absolute Gasteiger partial charge is 0.261 e. The van der Waals surface area contributed by atoms with Crippen molar-refractivity contribution in [1.82, 2.24) is 4.90 Å². The largest absolute Gasteiger partial charge is 0.505 e. The Morgan fingerprint density at radius 3 is 2.00 bits per heavy atom. The van der Waals surface area contributed by atoms with Crippen LogP contribution in [0.5, 0.6) is 5.75 Å². The van der Waals surface area contributed by atoms with Crippen LogP contribution in [0.25, 0.3) is 0 Å². The third-order valence-electron chi connectivity index (χ3n) is 5.88. The molecule has 0 unspecified atom stereocenters. The van der Waals surface area contributed by atoms with Gasteiger partial charge < -0.3 is 10.8 Å². The summed E-state index contributed by atoms with van der Waals surface area (Å²) >= 11 is 0. The Morgan fingerprint density at radius 2 is 1.45 bits per heavy atom. The number of imide groups is 1. The van der Waals surface area contributed by atoms with E-state index in [2.05, 4.69) is 31.0 Å². The van der Waals surface area contributed by atoms with Gasteiger partial charge in [-0.3, -0.25) is 14.5 Å². The van der Waals surface area contributed by atoms with Crippen molar-refractivity contribution in [2.75, 3.05) is 12.3 Å². The lowest BCUT2D eigenvalue weighted by molar-refractivity contribution is 0.0652. The molecule has 1 aliphatic heterocycles. The minimum absolute atomic E-state index is 0.0657. The van der Waals surface area contributed by atoms with E-state index in [1.165, 1.54) is 17.0 Å². The van der Waals surface area contributed by atoms with Crippen LogP contribution in [-0.4, -0.2) is 28.4 Å². The Morgan fingerprint density at radius 1 is 0.879 bits per heavy atom. The zero-order chi connectivity index (χ0) is 24.7. The van der Waals surface area contributed by atoms with E-state index in [0.29, 0.717) is 17.8 Å². The fourth-order valence-electron chi connectivity index (χ4n) is 3.76. The van der Waals surface area contributed by atoms with E-state index in [1.807, 2.05) is 39.8 Å². The number of phenolic OH excluding ortho intramolecular Hbond substituents is 1. The quantitative estimate of drug-likeness (QED) is 0.313. The highest BCUT2D eigenvalue weighted by Gasteiger charge is 2.36. The number of nitrogens with two attached hydrogens (primary N) is 1. The molecule has 0 spiro atoms. The molecule has 2 aromatic carbocycles. The lowest BCUT2D eigenvalue weighted by Crippen LogP contribution is -2.30. The first-order valence-electron chi connectivity index (χ1n) is 11.3. The van der Waals surface area contributed by atoms with Crippen molar-refractivity contribution >= 4 is 28.9 Å². The maximum Gasteiger partial charge on any atom is 0.261 e. The number of nitrogen functional groups attached to an aromatic ring is 1. The van der Waals surface area contributed by atoms with Crippen LogP contribution in [0.4, 0.5) is 17.1 Å². The summed E-state index contributed by atoms with van der Waals surface area (Å²) in [5.74, 6) is -0.604. The molecule has 7 heteroatoms. The fraction of sp³-hybridized carbons (Fsp3) is 0.462. The van der Waals surface area contributed by atoms with Crippen LogP contribution in [0, 0.1) is 0 Å². The molecule has 2 aromatic rings. The topological polar surface area (TPSA) is 108 Å². The van der Waals surface area contributed by atoms with Gasteiger partial charge in [-0.15, -0.1) is 10.2 Å². The molecular formula is C26H34N4O3. The van der Waals surface area contributed by atoms with E-state index < -0.39 is 0 Å². The summed E-state index contributed by atoms with van der Waals surface area (Å²) in [6, 6.07) is 6.82. The van der Waals surface area contributed by atoms with E-state index >= 15 is 0 Å². The Balaban J connectivity index is 2.05.